The minimum absolute atomic E-state index is 0.156. The molecule has 0 saturated carbocycles. The monoisotopic (exact) mass is 303 g/mol. The van der Waals surface area contributed by atoms with E-state index in [-0.39, 0.29) is 5.78 Å². The van der Waals surface area contributed by atoms with Gasteiger partial charge in [-0.25, -0.2) is 4.68 Å². The first kappa shape index (κ1) is 13.5. The highest BCUT2D eigenvalue weighted by molar-refractivity contribution is 5.99. The molecule has 0 aliphatic carbocycles. The van der Waals surface area contributed by atoms with Gasteiger partial charge in [-0.1, -0.05) is 47.7 Å². The second kappa shape index (κ2) is 5.53. The third-order valence-electron chi connectivity index (χ3n) is 3.75. The summed E-state index contributed by atoms with van der Waals surface area (Å²) in [5.74, 6) is 0.148. The molecule has 0 radical (unpaired) electrons. The zero-order chi connectivity index (χ0) is 15.6. The van der Waals surface area contributed by atoms with E-state index in [1.807, 2.05) is 54.6 Å². The minimum atomic E-state index is -0.616. The fourth-order valence-electron chi connectivity index (χ4n) is 2.67. The highest BCUT2D eigenvalue weighted by Gasteiger charge is 2.28. The summed E-state index contributed by atoms with van der Waals surface area (Å²) in [4.78, 5) is 13.0. The van der Waals surface area contributed by atoms with Crippen LogP contribution in [0.15, 0.2) is 77.4 Å². The zero-order valence-corrected chi connectivity index (χ0v) is 12.2. The van der Waals surface area contributed by atoms with Gasteiger partial charge in [-0.05, 0) is 29.8 Å². The summed E-state index contributed by atoms with van der Waals surface area (Å²) in [6, 6.07) is 19.9. The first-order valence-electron chi connectivity index (χ1n) is 7.27. The van der Waals surface area contributed by atoms with E-state index in [4.69, 9.17) is 4.42 Å². The van der Waals surface area contributed by atoms with Crippen LogP contribution in [0.25, 0.3) is 11.0 Å². The number of nitrogens with zero attached hydrogens (tertiary/aromatic N) is 3. The maximum absolute atomic E-state index is 13.0. The lowest BCUT2D eigenvalue weighted by atomic mass is 10.0. The van der Waals surface area contributed by atoms with Crippen molar-refractivity contribution in [3.63, 3.8) is 0 Å². The zero-order valence-electron chi connectivity index (χ0n) is 12.2. The first-order chi connectivity index (χ1) is 11.3. The van der Waals surface area contributed by atoms with Crippen LogP contribution in [0.2, 0.25) is 0 Å². The third-order valence-corrected chi connectivity index (χ3v) is 3.75. The summed E-state index contributed by atoms with van der Waals surface area (Å²) < 4.78 is 6.95. The van der Waals surface area contributed by atoms with Crippen molar-refractivity contribution in [1.82, 2.24) is 15.0 Å². The highest BCUT2D eigenvalue weighted by atomic mass is 16.3. The number of ketones is 1. The molecule has 0 aliphatic rings. The molecule has 0 fully saturated rings. The number of carbonyl (C=O) groups excluding carboxylic acids is 1. The van der Waals surface area contributed by atoms with Gasteiger partial charge in [0.25, 0.3) is 0 Å². The van der Waals surface area contributed by atoms with Crippen molar-refractivity contribution in [2.24, 2.45) is 0 Å². The van der Waals surface area contributed by atoms with Crippen LogP contribution in [0.3, 0.4) is 0 Å². The van der Waals surface area contributed by atoms with E-state index < -0.39 is 6.04 Å². The molecule has 1 unspecified atom stereocenters. The molecule has 2 aromatic heterocycles. The molecule has 23 heavy (non-hydrogen) atoms. The van der Waals surface area contributed by atoms with Gasteiger partial charge in [0.1, 0.15) is 11.6 Å². The van der Waals surface area contributed by atoms with Crippen molar-refractivity contribution in [1.29, 1.82) is 0 Å². The molecule has 0 saturated heterocycles. The second-order valence-corrected chi connectivity index (χ2v) is 5.18. The predicted octanol–water partition coefficient (Wildman–Crippen LogP) is 3.50. The number of hydrogen-bond acceptors (Lipinski definition) is 4. The quantitative estimate of drug-likeness (QED) is 0.541. The van der Waals surface area contributed by atoms with Gasteiger partial charge in [-0.3, -0.25) is 4.79 Å². The Kier molecular flexibility index (Phi) is 3.24. The van der Waals surface area contributed by atoms with Gasteiger partial charge in [-0.15, -0.1) is 5.10 Å². The molecule has 5 heteroatoms. The number of carbonyl (C=O) groups is 1. The number of Topliss-reactive ketones (excluding diaryl/α,β-unsaturated/α-hetero) is 1. The largest absolute Gasteiger partial charge is 0.461 e. The van der Waals surface area contributed by atoms with Crippen molar-refractivity contribution in [2.45, 2.75) is 6.04 Å². The molecule has 2 aromatic carbocycles. The molecular formula is C18H13N3O2. The van der Waals surface area contributed by atoms with E-state index in [1.54, 1.807) is 16.8 Å². The fourth-order valence-corrected chi connectivity index (χ4v) is 2.67. The Morgan fingerprint density at radius 2 is 1.74 bits per heavy atom. The summed E-state index contributed by atoms with van der Waals surface area (Å²) in [5, 5.41) is 8.37. The summed E-state index contributed by atoms with van der Waals surface area (Å²) in [6.07, 6.45) is 1.49. The van der Waals surface area contributed by atoms with Crippen LogP contribution in [-0.2, 0) is 0 Å². The molecule has 0 aliphatic heterocycles. The summed E-state index contributed by atoms with van der Waals surface area (Å²) >= 11 is 0. The van der Waals surface area contributed by atoms with Crippen LogP contribution < -0.4 is 0 Å². The van der Waals surface area contributed by atoms with Crippen LogP contribution in [0.5, 0.6) is 0 Å². The molecule has 0 N–H and O–H groups in total. The van der Waals surface area contributed by atoms with E-state index >= 15 is 0 Å². The van der Waals surface area contributed by atoms with Crippen molar-refractivity contribution in [3.05, 3.63) is 84.3 Å². The molecule has 4 rings (SSSR count). The lowest BCUT2D eigenvalue weighted by Crippen LogP contribution is -2.22. The maximum Gasteiger partial charge on any atom is 0.227 e. The average molecular weight is 303 g/mol. The Bertz CT molecular complexity index is 943. The summed E-state index contributed by atoms with van der Waals surface area (Å²) in [6.45, 7) is 0. The van der Waals surface area contributed by atoms with Crippen LogP contribution in [0, 0.1) is 0 Å². The van der Waals surface area contributed by atoms with E-state index in [0.717, 1.165) is 16.6 Å². The molecule has 0 amide bonds. The third kappa shape index (κ3) is 2.32. The molecule has 0 spiro atoms. The Morgan fingerprint density at radius 1 is 0.957 bits per heavy atom. The molecule has 0 bridgehead atoms. The molecule has 2 heterocycles. The number of benzene rings is 2. The number of hydrogen-bond donors (Lipinski definition) is 0. The highest BCUT2D eigenvalue weighted by Crippen LogP contribution is 2.26. The van der Waals surface area contributed by atoms with Gasteiger partial charge in [0.05, 0.1) is 11.8 Å². The van der Waals surface area contributed by atoms with Gasteiger partial charge < -0.3 is 4.42 Å². The Labute approximate surface area is 132 Å². The molecule has 112 valence electrons. The lowest BCUT2D eigenvalue weighted by molar-refractivity contribution is 0.0913. The molecule has 5 nitrogen and oxygen atoms in total. The van der Waals surface area contributed by atoms with E-state index in [2.05, 4.69) is 10.3 Å². The SMILES string of the molecule is O=C(c1ccco1)C(c1ccccc1)n1nnc2ccccc21. The molecular weight excluding hydrogens is 290 g/mol. The van der Waals surface area contributed by atoms with Gasteiger partial charge in [-0.2, -0.15) is 0 Å². The van der Waals surface area contributed by atoms with Crippen molar-refractivity contribution in [2.75, 3.05) is 0 Å². The molecule has 4 aromatic rings. The van der Waals surface area contributed by atoms with Crippen LogP contribution in [0.4, 0.5) is 0 Å². The second-order valence-electron chi connectivity index (χ2n) is 5.18. The van der Waals surface area contributed by atoms with Crippen LogP contribution in [-0.4, -0.2) is 20.8 Å². The number of furan rings is 1. The number of fused-ring (bicyclic) bond motifs is 1. The first-order valence-corrected chi connectivity index (χ1v) is 7.27. The van der Waals surface area contributed by atoms with Gasteiger partial charge >= 0.3 is 0 Å². The lowest BCUT2D eigenvalue weighted by Gasteiger charge is -2.16. The van der Waals surface area contributed by atoms with Crippen LogP contribution >= 0.6 is 0 Å². The van der Waals surface area contributed by atoms with Crippen molar-refractivity contribution in [3.8, 4) is 0 Å². The average Bonchev–Trinajstić information content (AvgIpc) is 3.26. The van der Waals surface area contributed by atoms with Gasteiger partial charge in [0.2, 0.25) is 5.78 Å². The predicted molar refractivity (Wildman–Crippen MR) is 85.1 cm³/mol. The van der Waals surface area contributed by atoms with E-state index in [9.17, 15) is 4.79 Å². The number of aromatic nitrogens is 3. The van der Waals surface area contributed by atoms with Gasteiger partial charge in [0.15, 0.2) is 5.76 Å². The van der Waals surface area contributed by atoms with Crippen molar-refractivity contribution < 1.29 is 9.21 Å². The Morgan fingerprint density at radius 3 is 2.52 bits per heavy atom. The maximum atomic E-state index is 13.0. The van der Waals surface area contributed by atoms with Crippen molar-refractivity contribution >= 4 is 16.8 Å². The van der Waals surface area contributed by atoms with Crippen LogP contribution in [0.1, 0.15) is 22.2 Å². The normalized spacial score (nSPS) is 12.3. The fraction of sp³-hybridized carbons (Fsp3) is 0.0556. The Hall–Kier alpha value is -3.21. The van der Waals surface area contributed by atoms with Gasteiger partial charge in [0, 0.05) is 0 Å². The smallest absolute Gasteiger partial charge is 0.227 e. The van der Waals surface area contributed by atoms with E-state index in [0.29, 0.717) is 5.76 Å². The molecule has 1 atom stereocenters. The number of rotatable bonds is 4. The summed E-state index contributed by atoms with van der Waals surface area (Å²) in [5.41, 5.74) is 2.39. The Balaban J connectivity index is 1.91. The standard InChI is InChI=1S/C18H13N3O2/c22-18(16-11-6-12-23-16)17(13-7-2-1-3-8-13)21-15-10-5-4-9-14(15)19-20-21/h1-12,17H. The summed E-state index contributed by atoms with van der Waals surface area (Å²) in [7, 11) is 0. The number of para-hydroxylation sites is 1. The minimum Gasteiger partial charge on any atom is -0.461 e. The van der Waals surface area contributed by atoms with E-state index in [1.165, 1.54) is 6.26 Å². The topological polar surface area (TPSA) is 60.9 Å².